The molecule has 2 aromatic heterocycles. The number of hydrogen-bond donors (Lipinski definition) is 2. The van der Waals surface area contributed by atoms with Crippen molar-refractivity contribution in [1.82, 2.24) is 24.9 Å². The minimum absolute atomic E-state index is 0.0676. The van der Waals surface area contributed by atoms with Crippen LogP contribution in [0.25, 0.3) is 5.65 Å². The highest BCUT2D eigenvalue weighted by molar-refractivity contribution is 5.93. The summed E-state index contributed by atoms with van der Waals surface area (Å²) in [7, 11) is 0. The molecule has 2 aromatic rings. The molecule has 2 bridgehead atoms. The van der Waals surface area contributed by atoms with Crippen LogP contribution < -0.4 is 10.6 Å². The molecular weight excluding hydrogens is 426 g/mol. The average molecular weight is 466 g/mol. The zero-order valence-electron chi connectivity index (χ0n) is 21.0. The molecule has 1 aliphatic heterocycles. The van der Waals surface area contributed by atoms with Crippen molar-refractivity contribution in [2.45, 2.75) is 59.4 Å². The van der Waals surface area contributed by atoms with Gasteiger partial charge in [-0.25, -0.2) is 4.98 Å². The second kappa shape index (κ2) is 8.99. The van der Waals surface area contributed by atoms with Crippen molar-refractivity contribution in [2.75, 3.05) is 26.2 Å². The maximum atomic E-state index is 13.1. The monoisotopic (exact) mass is 465 g/mol. The summed E-state index contributed by atoms with van der Waals surface area (Å²) in [6.07, 6.45) is 5.92. The maximum absolute atomic E-state index is 13.1. The van der Waals surface area contributed by atoms with Crippen molar-refractivity contribution in [3.8, 4) is 0 Å². The number of fused-ring (bicyclic) bond motifs is 3. The predicted octanol–water partition coefficient (Wildman–Crippen LogP) is 3.14. The van der Waals surface area contributed by atoms with Crippen LogP contribution in [0.4, 0.5) is 0 Å². The number of carbonyl (C=O) groups is 2. The molecule has 0 spiro atoms. The zero-order valence-corrected chi connectivity index (χ0v) is 21.0. The highest BCUT2D eigenvalue weighted by Gasteiger charge is 2.53. The molecule has 2 N–H and O–H groups in total. The third kappa shape index (κ3) is 4.23. The molecule has 4 aliphatic rings. The molecule has 2 amide bonds. The first-order valence-corrected chi connectivity index (χ1v) is 13.0. The van der Waals surface area contributed by atoms with Gasteiger partial charge in [0, 0.05) is 38.4 Å². The van der Waals surface area contributed by atoms with Gasteiger partial charge in [-0.3, -0.25) is 14.0 Å². The van der Waals surface area contributed by atoms with Gasteiger partial charge in [0.15, 0.2) is 0 Å². The van der Waals surface area contributed by atoms with E-state index in [0.717, 1.165) is 32.1 Å². The standard InChI is InChI=1S/C27H39N5O2/c1-17(2)22-16-31(11-10-28-22)25(33)13-20-15-32-23(6-5-7-24(32)30-20)26(34)29-14-18-8-9-19-12-21(18)27(19,3)4/h5-7,15,17-19,21-22,28H,8-14,16H2,1-4H3,(H,29,34)/t18-,19+,21+,22+/m0/s1. The van der Waals surface area contributed by atoms with Gasteiger partial charge in [-0.1, -0.05) is 33.8 Å². The maximum Gasteiger partial charge on any atom is 0.268 e. The Balaban J connectivity index is 1.24. The van der Waals surface area contributed by atoms with Crippen LogP contribution >= 0.6 is 0 Å². The fourth-order valence-electron chi connectivity index (χ4n) is 6.57. The third-order valence-corrected chi connectivity index (χ3v) is 9.00. The van der Waals surface area contributed by atoms with E-state index in [2.05, 4.69) is 43.3 Å². The van der Waals surface area contributed by atoms with E-state index in [1.54, 1.807) is 0 Å². The predicted molar refractivity (Wildman–Crippen MR) is 133 cm³/mol. The molecule has 3 saturated carbocycles. The summed E-state index contributed by atoms with van der Waals surface area (Å²) < 4.78 is 1.83. The number of aromatic nitrogens is 2. The first-order valence-electron chi connectivity index (χ1n) is 13.0. The lowest BCUT2D eigenvalue weighted by Crippen LogP contribution is -2.54. The lowest BCUT2D eigenvalue weighted by Gasteiger charge is -2.60. The Bertz CT molecular complexity index is 1070. The van der Waals surface area contributed by atoms with Crippen LogP contribution in [0.2, 0.25) is 0 Å². The van der Waals surface area contributed by atoms with Gasteiger partial charge < -0.3 is 15.5 Å². The molecule has 7 nitrogen and oxygen atoms in total. The number of pyridine rings is 1. The van der Waals surface area contributed by atoms with Crippen molar-refractivity contribution in [3.63, 3.8) is 0 Å². The molecule has 0 unspecified atom stereocenters. The quantitative estimate of drug-likeness (QED) is 0.687. The summed E-state index contributed by atoms with van der Waals surface area (Å²) in [5.41, 5.74) is 2.40. The van der Waals surface area contributed by atoms with Crippen LogP contribution in [0.15, 0.2) is 24.4 Å². The number of rotatable bonds is 6. The number of amides is 2. The van der Waals surface area contributed by atoms with Gasteiger partial charge in [-0.2, -0.15) is 0 Å². The number of imidazole rings is 1. The van der Waals surface area contributed by atoms with Crippen LogP contribution in [0.3, 0.4) is 0 Å². The summed E-state index contributed by atoms with van der Waals surface area (Å²) in [6.45, 7) is 12.1. The van der Waals surface area contributed by atoms with Gasteiger partial charge in [0.1, 0.15) is 11.3 Å². The summed E-state index contributed by atoms with van der Waals surface area (Å²) >= 11 is 0. The molecule has 3 heterocycles. The molecule has 34 heavy (non-hydrogen) atoms. The van der Waals surface area contributed by atoms with Gasteiger partial charge in [0.2, 0.25) is 5.91 Å². The first kappa shape index (κ1) is 23.3. The SMILES string of the molecule is CC(C)[C@H]1CN(C(=O)Cc2cn3c(C(=O)NC[C@@H]4CC[C@@H]5C[C@H]4C5(C)C)cccc3n2)CCN1. The summed E-state index contributed by atoms with van der Waals surface area (Å²) in [6, 6.07) is 5.92. The lowest BCUT2D eigenvalue weighted by atomic mass is 9.45. The van der Waals surface area contributed by atoms with Crippen LogP contribution in [0.5, 0.6) is 0 Å². The van der Waals surface area contributed by atoms with E-state index in [9.17, 15) is 9.59 Å². The largest absolute Gasteiger partial charge is 0.350 e. The molecule has 184 valence electrons. The molecular formula is C27H39N5O2. The Hall–Kier alpha value is -2.41. The minimum atomic E-state index is -0.0676. The van der Waals surface area contributed by atoms with Gasteiger partial charge in [0.05, 0.1) is 12.1 Å². The van der Waals surface area contributed by atoms with Gasteiger partial charge >= 0.3 is 0 Å². The topological polar surface area (TPSA) is 78.7 Å². The zero-order chi connectivity index (χ0) is 24.0. The molecule has 3 aliphatic carbocycles. The van der Waals surface area contributed by atoms with E-state index < -0.39 is 0 Å². The van der Waals surface area contributed by atoms with E-state index in [0.29, 0.717) is 46.2 Å². The normalized spacial score (nSPS) is 28.1. The van der Waals surface area contributed by atoms with Crippen molar-refractivity contribution >= 4 is 17.5 Å². The Labute approximate surface area is 202 Å². The fraction of sp³-hybridized carbons (Fsp3) is 0.667. The fourth-order valence-corrected chi connectivity index (χ4v) is 6.57. The summed E-state index contributed by atoms with van der Waals surface area (Å²) in [5.74, 6) is 2.66. The lowest BCUT2D eigenvalue weighted by molar-refractivity contribution is -0.131. The molecule has 4 atom stereocenters. The van der Waals surface area contributed by atoms with Crippen LogP contribution in [0, 0.1) is 29.1 Å². The highest BCUT2D eigenvalue weighted by Crippen LogP contribution is 2.61. The molecule has 4 fully saturated rings. The number of nitrogens with one attached hydrogen (secondary N) is 2. The van der Waals surface area contributed by atoms with Crippen LogP contribution in [-0.2, 0) is 11.2 Å². The second-order valence-electron chi connectivity index (χ2n) is 11.6. The Morgan fingerprint density at radius 1 is 1.26 bits per heavy atom. The molecule has 0 radical (unpaired) electrons. The number of nitrogens with zero attached hydrogens (tertiary/aromatic N) is 3. The third-order valence-electron chi connectivity index (χ3n) is 9.00. The Morgan fingerprint density at radius 2 is 2.09 bits per heavy atom. The number of piperazine rings is 1. The molecule has 1 saturated heterocycles. The Morgan fingerprint density at radius 3 is 2.82 bits per heavy atom. The molecule has 0 aromatic carbocycles. The first-order chi connectivity index (χ1) is 16.2. The summed E-state index contributed by atoms with van der Waals surface area (Å²) in [4.78, 5) is 32.7. The van der Waals surface area contributed by atoms with Crippen LogP contribution in [0.1, 0.15) is 63.1 Å². The highest BCUT2D eigenvalue weighted by atomic mass is 16.2. The van der Waals surface area contributed by atoms with Gasteiger partial charge in [-0.15, -0.1) is 0 Å². The van der Waals surface area contributed by atoms with Gasteiger partial charge in [0.25, 0.3) is 5.91 Å². The average Bonchev–Trinajstić information content (AvgIpc) is 3.25. The Kier molecular flexibility index (Phi) is 6.17. The molecule has 7 heteroatoms. The number of carbonyl (C=O) groups excluding carboxylic acids is 2. The summed E-state index contributed by atoms with van der Waals surface area (Å²) in [5, 5.41) is 6.70. The molecule has 6 rings (SSSR count). The minimum Gasteiger partial charge on any atom is -0.350 e. The van der Waals surface area contributed by atoms with E-state index in [1.807, 2.05) is 33.7 Å². The van der Waals surface area contributed by atoms with Crippen molar-refractivity contribution in [1.29, 1.82) is 0 Å². The van der Waals surface area contributed by atoms with Crippen molar-refractivity contribution in [2.24, 2.45) is 29.1 Å². The van der Waals surface area contributed by atoms with Crippen molar-refractivity contribution in [3.05, 3.63) is 35.8 Å². The van der Waals surface area contributed by atoms with E-state index in [-0.39, 0.29) is 18.2 Å². The van der Waals surface area contributed by atoms with E-state index >= 15 is 0 Å². The smallest absolute Gasteiger partial charge is 0.268 e. The van der Waals surface area contributed by atoms with E-state index in [1.165, 1.54) is 19.3 Å². The van der Waals surface area contributed by atoms with Crippen LogP contribution in [-0.4, -0.2) is 58.3 Å². The van der Waals surface area contributed by atoms with Gasteiger partial charge in [-0.05, 0) is 60.5 Å². The second-order valence-corrected chi connectivity index (χ2v) is 11.6. The number of hydrogen-bond acceptors (Lipinski definition) is 4. The van der Waals surface area contributed by atoms with Crippen molar-refractivity contribution < 1.29 is 9.59 Å². The van der Waals surface area contributed by atoms with E-state index in [4.69, 9.17) is 0 Å².